The first-order valence-electron chi connectivity index (χ1n) is 6.83. The molecule has 21 heavy (non-hydrogen) atoms. The summed E-state index contributed by atoms with van der Waals surface area (Å²) in [6.45, 7) is 4.11. The first-order chi connectivity index (χ1) is 9.98. The van der Waals surface area contributed by atoms with E-state index in [0.717, 1.165) is 18.2 Å². The maximum atomic E-state index is 12.7. The van der Waals surface area contributed by atoms with Gasteiger partial charge in [-0.1, -0.05) is 30.3 Å². The van der Waals surface area contributed by atoms with Gasteiger partial charge in [-0.2, -0.15) is 0 Å². The zero-order valence-corrected chi connectivity index (χ0v) is 12.9. The summed E-state index contributed by atoms with van der Waals surface area (Å²) in [5.74, 6) is 0. The average Bonchev–Trinajstić information content (AvgIpc) is 2.47. The summed E-state index contributed by atoms with van der Waals surface area (Å²) < 4.78 is 26.8. The number of unbranched alkanes of at least 4 members (excludes halogenated alkanes) is 1. The number of hydrogen-bond acceptors (Lipinski definition) is 3. The molecule has 0 saturated heterocycles. The molecule has 2 aromatic carbocycles. The largest absolute Gasteiger partial charge is 0.398 e. The lowest BCUT2D eigenvalue weighted by atomic mass is 10.1. The normalized spacial score (nSPS) is 11.9. The van der Waals surface area contributed by atoms with Crippen molar-refractivity contribution in [3.05, 3.63) is 49.1 Å². The predicted molar refractivity (Wildman–Crippen MR) is 87.6 cm³/mol. The van der Waals surface area contributed by atoms with Crippen LogP contribution < -0.4 is 5.73 Å². The van der Waals surface area contributed by atoms with Gasteiger partial charge < -0.3 is 5.73 Å². The van der Waals surface area contributed by atoms with Gasteiger partial charge in [0.05, 0.1) is 4.90 Å². The van der Waals surface area contributed by atoms with Crippen molar-refractivity contribution in [2.45, 2.75) is 17.7 Å². The van der Waals surface area contributed by atoms with Crippen LogP contribution >= 0.6 is 0 Å². The highest BCUT2D eigenvalue weighted by Gasteiger charge is 2.22. The second-order valence-corrected chi connectivity index (χ2v) is 6.97. The summed E-state index contributed by atoms with van der Waals surface area (Å²) in [6, 6.07) is 10.5. The number of nitrogens with two attached hydrogens (primary N) is 1. The number of anilines is 1. The van der Waals surface area contributed by atoms with Crippen LogP contribution in [0.3, 0.4) is 0 Å². The van der Waals surface area contributed by atoms with Gasteiger partial charge in [-0.15, -0.1) is 6.58 Å². The summed E-state index contributed by atoms with van der Waals surface area (Å²) >= 11 is 0. The maximum absolute atomic E-state index is 12.7. The van der Waals surface area contributed by atoms with Crippen LogP contribution in [0.15, 0.2) is 53.9 Å². The van der Waals surface area contributed by atoms with Crippen molar-refractivity contribution in [1.82, 2.24) is 4.31 Å². The lowest BCUT2D eigenvalue weighted by molar-refractivity contribution is 0.463. The fourth-order valence-electron chi connectivity index (χ4n) is 2.27. The quantitative estimate of drug-likeness (QED) is 0.507. The van der Waals surface area contributed by atoms with E-state index in [1.54, 1.807) is 31.3 Å². The predicted octanol–water partition coefficient (Wildman–Crippen LogP) is 3.01. The Morgan fingerprint density at radius 2 is 1.86 bits per heavy atom. The maximum Gasteiger partial charge on any atom is 0.243 e. The van der Waals surface area contributed by atoms with Crippen molar-refractivity contribution < 1.29 is 8.42 Å². The van der Waals surface area contributed by atoms with Crippen molar-refractivity contribution in [3.8, 4) is 0 Å². The van der Waals surface area contributed by atoms with Gasteiger partial charge in [-0.25, -0.2) is 12.7 Å². The molecule has 0 heterocycles. The lowest BCUT2D eigenvalue weighted by Gasteiger charge is -2.18. The molecule has 0 radical (unpaired) electrons. The van der Waals surface area contributed by atoms with Crippen molar-refractivity contribution in [2.75, 3.05) is 19.3 Å². The standard InChI is InChI=1S/C16H20N2O2S/c1-3-4-7-12-18(2)21(19,20)16-11-10-15(17)13-8-5-6-9-14(13)16/h3,5-6,8-11H,1,4,7,12,17H2,2H3. The second-order valence-electron chi connectivity index (χ2n) is 4.96. The molecule has 5 heteroatoms. The molecule has 4 nitrogen and oxygen atoms in total. The molecule has 2 aromatic rings. The topological polar surface area (TPSA) is 63.4 Å². The Balaban J connectivity index is 2.45. The minimum Gasteiger partial charge on any atom is -0.398 e. The number of hydrogen-bond donors (Lipinski definition) is 1. The summed E-state index contributed by atoms with van der Waals surface area (Å²) in [4.78, 5) is 0.299. The third-order valence-corrected chi connectivity index (χ3v) is 5.40. The zero-order chi connectivity index (χ0) is 15.5. The molecule has 112 valence electrons. The molecular weight excluding hydrogens is 284 g/mol. The summed E-state index contributed by atoms with van der Waals surface area (Å²) in [7, 11) is -1.92. The molecular formula is C16H20N2O2S. The van der Waals surface area contributed by atoms with Crippen LogP contribution in [-0.2, 0) is 10.0 Å². The average molecular weight is 304 g/mol. The van der Waals surface area contributed by atoms with Crippen LogP contribution in [0.1, 0.15) is 12.8 Å². The smallest absolute Gasteiger partial charge is 0.243 e. The van der Waals surface area contributed by atoms with Crippen molar-refractivity contribution in [3.63, 3.8) is 0 Å². The minimum absolute atomic E-state index is 0.299. The Kier molecular flexibility index (Phi) is 4.65. The number of benzene rings is 2. The molecule has 0 aromatic heterocycles. The van der Waals surface area contributed by atoms with E-state index in [4.69, 9.17) is 5.73 Å². The van der Waals surface area contributed by atoms with E-state index in [2.05, 4.69) is 6.58 Å². The Bertz CT molecular complexity index is 754. The highest BCUT2D eigenvalue weighted by atomic mass is 32.2. The molecule has 0 aliphatic heterocycles. The first-order valence-corrected chi connectivity index (χ1v) is 8.27. The van der Waals surface area contributed by atoms with Crippen molar-refractivity contribution in [1.29, 1.82) is 0 Å². The van der Waals surface area contributed by atoms with Gasteiger partial charge in [0.1, 0.15) is 0 Å². The second kappa shape index (κ2) is 6.28. The highest BCUT2D eigenvalue weighted by molar-refractivity contribution is 7.89. The molecule has 0 spiro atoms. The van der Waals surface area contributed by atoms with Gasteiger partial charge in [0.2, 0.25) is 10.0 Å². The van der Waals surface area contributed by atoms with E-state index in [-0.39, 0.29) is 0 Å². The van der Waals surface area contributed by atoms with Crippen LogP contribution in [0.25, 0.3) is 10.8 Å². The first kappa shape index (κ1) is 15.5. The summed E-state index contributed by atoms with van der Waals surface area (Å²) in [5, 5.41) is 1.42. The number of sulfonamides is 1. The number of nitrogen functional groups attached to an aromatic ring is 1. The van der Waals surface area contributed by atoms with Crippen molar-refractivity contribution in [2.24, 2.45) is 0 Å². The zero-order valence-electron chi connectivity index (χ0n) is 12.1. The molecule has 0 aliphatic carbocycles. The third kappa shape index (κ3) is 3.09. The van der Waals surface area contributed by atoms with E-state index in [9.17, 15) is 8.42 Å². The number of rotatable bonds is 6. The lowest BCUT2D eigenvalue weighted by Crippen LogP contribution is -2.28. The molecule has 0 atom stereocenters. The molecule has 0 amide bonds. The van der Waals surface area contributed by atoms with Crippen LogP contribution in [0, 0.1) is 0 Å². The minimum atomic E-state index is -3.52. The number of fused-ring (bicyclic) bond motifs is 1. The van der Waals surface area contributed by atoms with Gasteiger partial charge in [-0.05, 0) is 25.0 Å². The van der Waals surface area contributed by atoms with E-state index >= 15 is 0 Å². The Morgan fingerprint density at radius 3 is 2.52 bits per heavy atom. The Morgan fingerprint density at radius 1 is 1.19 bits per heavy atom. The van der Waals surface area contributed by atoms with E-state index in [0.29, 0.717) is 22.5 Å². The van der Waals surface area contributed by atoms with Crippen LogP contribution in [0.5, 0.6) is 0 Å². The summed E-state index contributed by atoms with van der Waals surface area (Å²) in [6.07, 6.45) is 3.34. The van der Waals surface area contributed by atoms with Gasteiger partial charge in [-0.3, -0.25) is 0 Å². The molecule has 0 unspecified atom stereocenters. The fraction of sp³-hybridized carbons (Fsp3) is 0.250. The third-order valence-electron chi connectivity index (χ3n) is 3.49. The van der Waals surface area contributed by atoms with Gasteiger partial charge >= 0.3 is 0 Å². The highest BCUT2D eigenvalue weighted by Crippen LogP contribution is 2.29. The number of allylic oxidation sites excluding steroid dienone is 1. The van der Waals surface area contributed by atoms with Gasteiger partial charge in [0.25, 0.3) is 0 Å². The molecule has 0 fully saturated rings. The molecule has 0 aliphatic rings. The van der Waals surface area contributed by atoms with E-state index in [1.165, 1.54) is 4.31 Å². The van der Waals surface area contributed by atoms with Crippen LogP contribution in [0.4, 0.5) is 5.69 Å². The molecule has 2 N–H and O–H groups in total. The molecule has 2 rings (SSSR count). The van der Waals surface area contributed by atoms with Gasteiger partial charge in [0, 0.05) is 30.1 Å². The molecule has 0 saturated carbocycles. The Hall–Kier alpha value is -1.85. The van der Waals surface area contributed by atoms with E-state index < -0.39 is 10.0 Å². The van der Waals surface area contributed by atoms with Crippen LogP contribution in [-0.4, -0.2) is 26.3 Å². The number of nitrogens with zero attached hydrogens (tertiary/aromatic N) is 1. The monoisotopic (exact) mass is 304 g/mol. The fourth-order valence-corrected chi connectivity index (χ4v) is 3.67. The molecule has 0 bridgehead atoms. The van der Waals surface area contributed by atoms with Gasteiger partial charge in [0.15, 0.2) is 0 Å². The summed E-state index contributed by atoms with van der Waals surface area (Å²) in [5.41, 5.74) is 6.51. The Labute approximate surface area is 125 Å². The SMILES string of the molecule is C=CCCCN(C)S(=O)(=O)c1ccc(N)c2ccccc12. The van der Waals surface area contributed by atoms with Crippen molar-refractivity contribution >= 4 is 26.5 Å². The van der Waals surface area contributed by atoms with Crippen LogP contribution in [0.2, 0.25) is 0 Å². The van der Waals surface area contributed by atoms with E-state index in [1.807, 2.05) is 18.2 Å².